The van der Waals surface area contributed by atoms with Gasteiger partial charge < -0.3 is 10.6 Å². The van der Waals surface area contributed by atoms with Crippen LogP contribution in [-0.4, -0.2) is 36.5 Å². The van der Waals surface area contributed by atoms with Crippen LogP contribution in [-0.2, 0) is 13.1 Å². The summed E-state index contributed by atoms with van der Waals surface area (Å²) in [5.74, 6) is 0.942. The molecular weight excluding hydrogens is 272 g/mol. The molecule has 1 unspecified atom stereocenters. The topological polar surface area (TPSA) is 39.7 Å². The minimum absolute atomic E-state index is 0.454. The van der Waals surface area contributed by atoms with E-state index in [-0.39, 0.29) is 0 Å². The summed E-state index contributed by atoms with van der Waals surface area (Å²) in [6, 6.07) is 9.25. The van der Waals surface area contributed by atoms with Gasteiger partial charge in [-0.2, -0.15) is 0 Å². The van der Waals surface area contributed by atoms with Crippen LogP contribution in [0.15, 0.2) is 29.3 Å². The van der Waals surface area contributed by atoms with E-state index in [0.717, 1.165) is 25.6 Å². The van der Waals surface area contributed by atoms with Gasteiger partial charge in [0.1, 0.15) is 0 Å². The molecule has 2 aliphatic heterocycles. The number of guanidine groups is 1. The molecule has 0 saturated carbocycles. The van der Waals surface area contributed by atoms with Crippen LogP contribution >= 0.6 is 0 Å². The molecule has 1 fully saturated rings. The highest BCUT2D eigenvalue weighted by molar-refractivity contribution is 5.81. The number of benzene rings is 1. The lowest BCUT2D eigenvalue weighted by molar-refractivity contribution is 0.276. The van der Waals surface area contributed by atoms with Gasteiger partial charge in [-0.05, 0) is 44.0 Å². The smallest absolute Gasteiger partial charge is 0.191 e. The summed E-state index contributed by atoms with van der Waals surface area (Å²) in [6.07, 6.45) is 5.48. The third-order valence-electron chi connectivity index (χ3n) is 4.56. The minimum Gasteiger partial charge on any atom is -0.352 e. The van der Waals surface area contributed by atoms with Crippen LogP contribution < -0.4 is 10.6 Å². The van der Waals surface area contributed by atoms with Crippen LogP contribution in [0.3, 0.4) is 0 Å². The molecule has 4 heteroatoms. The average Bonchev–Trinajstić information content (AvgIpc) is 2.78. The molecular formula is C18H28N4. The summed E-state index contributed by atoms with van der Waals surface area (Å²) in [6.45, 7) is 7.45. The van der Waals surface area contributed by atoms with Gasteiger partial charge in [-0.3, -0.25) is 9.89 Å². The van der Waals surface area contributed by atoms with Gasteiger partial charge in [-0.15, -0.1) is 0 Å². The quantitative estimate of drug-likeness (QED) is 0.897. The van der Waals surface area contributed by atoms with Crippen molar-refractivity contribution >= 4 is 5.96 Å². The van der Waals surface area contributed by atoms with E-state index in [0.29, 0.717) is 6.04 Å². The molecule has 0 aromatic heterocycles. The average molecular weight is 300 g/mol. The standard InChI is InChI=1S/C18H28N4/c1-15-12-19-18(21-15)20-13-16-8-4-5-9-17(16)14-22-10-6-2-3-7-11-22/h4-5,8-9,15H,2-3,6-7,10-14H2,1H3,(H2,19,20,21). The number of rotatable bonds is 4. The first-order chi connectivity index (χ1) is 10.8. The monoisotopic (exact) mass is 300 g/mol. The highest BCUT2D eigenvalue weighted by Crippen LogP contribution is 2.16. The Morgan fingerprint density at radius 3 is 2.55 bits per heavy atom. The summed E-state index contributed by atoms with van der Waals surface area (Å²) < 4.78 is 0. The molecule has 1 atom stereocenters. The van der Waals surface area contributed by atoms with Crippen LogP contribution in [0.2, 0.25) is 0 Å². The summed E-state index contributed by atoms with van der Waals surface area (Å²) in [4.78, 5) is 7.08. The molecule has 120 valence electrons. The first kappa shape index (κ1) is 15.3. The Labute approximate surface area is 134 Å². The first-order valence-corrected chi connectivity index (χ1v) is 8.65. The van der Waals surface area contributed by atoms with Crippen molar-refractivity contribution in [3.8, 4) is 0 Å². The molecule has 1 saturated heterocycles. The molecule has 2 heterocycles. The van der Waals surface area contributed by atoms with Crippen molar-refractivity contribution < 1.29 is 0 Å². The number of hydrogen-bond acceptors (Lipinski definition) is 4. The lowest BCUT2D eigenvalue weighted by Gasteiger charge is -2.22. The predicted octanol–water partition coefficient (Wildman–Crippen LogP) is 2.50. The van der Waals surface area contributed by atoms with Gasteiger partial charge in [-0.1, -0.05) is 37.1 Å². The first-order valence-electron chi connectivity index (χ1n) is 8.65. The highest BCUT2D eigenvalue weighted by atomic mass is 15.2. The van der Waals surface area contributed by atoms with Gasteiger partial charge in [0.25, 0.3) is 0 Å². The maximum atomic E-state index is 4.47. The minimum atomic E-state index is 0.454. The van der Waals surface area contributed by atoms with Crippen molar-refractivity contribution in [2.75, 3.05) is 19.6 Å². The van der Waals surface area contributed by atoms with Crippen LogP contribution in [0.1, 0.15) is 43.7 Å². The fourth-order valence-electron chi connectivity index (χ4n) is 3.26. The molecule has 2 aliphatic rings. The van der Waals surface area contributed by atoms with Crippen molar-refractivity contribution in [1.82, 2.24) is 15.5 Å². The van der Waals surface area contributed by atoms with Gasteiger partial charge in [0, 0.05) is 19.1 Å². The SMILES string of the molecule is CC1CN=C(NCc2ccccc2CN2CCCCCC2)N1. The predicted molar refractivity (Wildman–Crippen MR) is 91.9 cm³/mol. The molecule has 2 N–H and O–H groups in total. The Kier molecular flexibility index (Phi) is 5.33. The van der Waals surface area contributed by atoms with Gasteiger partial charge >= 0.3 is 0 Å². The zero-order valence-corrected chi connectivity index (χ0v) is 13.6. The third-order valence-corrected chi connectivity index (χ3v) is 4.56. The Morgan fingerprint density at radius 1 is 1.14 bits per heavy atom. The fourth-order valence-corrected chi connectivity index (χ4v) is 3.26. The molecule has 22 heavy (non-hydrogen) atoms. The number of likely N-dealkylation sites (tertiary alicyclic amines) is 1. The Hall–Kier alpha value is -1.55. The van der Waals surface area contributed by atoms with Crippen LogP contribution in [0.25, 0.3) is 0 Å². The molecule has 0 radical (unpaired) electrons. The molecule has 1 aromatic rings. The second kappa shape index (κ2) is 7.63. The second-order valence-electron chi connectivity index (χ2n) is 6.55. The largest absolute Gasteiger partial charge is 0.352 e. The Morgan fingerprint density at radius 2 is 1.86 bits per heavy atom. The van der Waals surface area contributed by atoms with Crippen molar-refractivity contribution in [2.24, 2.45) is 4.99 Å². The highest BCUT2D eigenvalue weighted by Gasteiger charge is 2.14. The van der Waals surface area contributed by atoms with Crippen molar-refractivity contribution in [1.29, 1.82) is 0 Å². The van der Waals surface area contributed by atoms with E-state index in [4.69, 9.17) is 0 Å². The number of nitrogens with one attached hydrogen (secondary N) is 2. The van der Waals surface area contributed by atoms with Crippen molar-refractivity contribution in [3.05, 3.63) is 35.4 Å². The normalized spacial score (nSPS) is 22.8. The lowest BCUT2D eigenvalue weighted by atomic mass is 10.1. The Balaban J connectivity index is 1.59. The molecule has 0 bridgehead atoms. The van der Waals surface area contributed by atoms with Crippen molar-refractivity contribution in [3.63, 3.8) is 0 Å². The van der Waals surface area contributed by atoms with E-state index in [1.165, 1.54) is 49.9 Å². The van der Waals surface area contributed by atoms with E-state index >= 15 is 0 Å². The molecule has 3 rings (SSSR count). The number of aliphatic imine (C=N–C) groups is 1. The molecule has 4 nitrogen and oxygen atoms in total. The van der Waals surface area contributed by atoms with E-state index in [1.54, 1.807) is 0 Å². The zero-order chi connectivity index (χ0) is 15.2. The van der Waals surface area contributed by atoms with Crippen LogP contribution in [0, 0.1) is 0 Å². The summed E-state index contributed by atoms with van der Waals surface area (Å²) in [5.41, 5.74) is 2.83. The lowest BCUT2D eigenvalue weighted by Crippen LogP contribution is -2.37. The summed E-state index contributed by atoms with van der Waals surface area (Å²) >= 11 is 0. The third kappa shape index (κ3) is 4.23. The summed E-state index contributed by atoms with van der Waals surface area (Å²) in [7, 11) is 0. The number of hydrogen-bond donors (Lipinski definition) is 2. The van der Waals surface area contributed by atoms with E-state index in [1.807, 2.05) is 0 Å². The van der Waals surface area contributed by atoms with E-state index in [9.17, 15) is 0 Å². The second-order valence-corrected chi connectivity index (χ2v) is 6.55. The van der Waals surface area contributed by atoms with Gasteiger partial charge in [0.05, 0.1) is 6.54 Å². The van der Waals surface area contributed by atoms with Crippen molar-refractivity contribution in [2.45, 2.75) is 51.7 Å². The van der Waals surface area contributed by atoms with E-state index in [2.05, 4.69) is 51.7 Å². The molecule has 0 aliphatic carbocycles. The zero-order valence-electron chi connectivity index (χ0n) is 13.6. The van der Waals surface area contributed by atoms with Crippen LogP contribution in [0.4, 0.5) is 0 Å². The fraction of sp³-hybridized carbons (Fsp3) is 0.611. The summed E-state index contributed by atoms with van der Waals surface area (Å²) in [5, 5.41) is 6.80. The molecule has 0 spiro atoms. The van der Waals surface area contributed by atoms with Gasteiger partial charge in [-0.25, -0.2) is 0 Å². The number of nitrogens with zero attached hydrogens (tertiary/aromatic N) is 2. The maximum absolute atomic E-state index is 4.47. The molecule has 0 amide bonds. The molecule has 1 aromatic carbocycles. The Bertz CT molecular complexity index is 504. The van der Waals surface area contributed by atoms with Gasteiger partial charge in [0.15, 0.2) is 5.96 Å². The van der Waals surface area contributed by atoms with Crippen LogP contribution in [0.5, 0.6) is 0 Å². The maximum Gasteiger partial charge on any atom is 0.191 e. The van der Waals surface area contributed by atoms with Gasteiger partial charge in [0.2, 0.25) is 0 Å². The van der Waals surface area contributed by atoms with E-state index < -0.39 is 0 Å².